The van der Waals surface area contributed by atoms with Crippen molar-refractivity contribution in [1.82, 2.24) is 9.21 Å². The summed E-state index contributed by atoms with van der Waals surface area (Å²) in [6, 6.07) is 6.55. The molecule has 0 spiro atoms. The Bertz CT molecular complexity index is 657. The van der Waals surface area contributed by atoms with Gasteiger partial charge in [-0.15, -0.1) is 0 Å². The van der Waals surface area contributed by atoms with Gasteiger partial charge in [-0.3, -0.25) is 4.79 Å². The Morgan fingerprint density at radius 1 is 1.26 bits per heavy atom. The summed E-state index contributed by atoms with van der Waals surface area (Å²) in [5, 5.41) is 19.1. The van der Waals surface area contributed by atoms with Crippen LogP contribution < -0.4 is 0 Å². The van der Waals surface area contributed by atoms with Crippen molar-refractivity contribution in [2.75, 3.05) is 32.9 Å². The number of carbonyl (C=O) groups is 1. The molecule has 1 aromatic rings. The van der Waals surface area contributed by atoms with Crippen LogP contribution in [0.25, 0.3) is 0 Å². The van der Waals surface area contributed by atoms with Crippen LogP contribution in [0.1, 0.15) is 15.9 Å². The zero-order valence-corrected chi connectivity index (χ0v) is 14.0. The lowest BCUT2D eigenvalue weighted by molar-refractivity contribution is 0.0764. The summed E-state index contributed by atoms with van der Waals surface area (Å²) < 4.78 is 25.0. The van der Waals surface area contributed by atoms with Crippen molar-refractivity contribution in [2.45, 2.75) is 12.7 Å². The van der Waals surface area contributed by atoms with E-state index in [1.807, 2.05) is 0 Å². The maximum Gasteiger partial charge on any atom is 0.253 e. The number of amides is 1. The first-order valence-corrected chi connectivity index (χ1v) is 8.93. The average molecular weight is 342 g/mol. The van der Waals surface area contributed by atoms with Crippen molar-refractivity contribution in [3.63, 3.8) is 0 Å². The van der Waals surface area contributed by atoms with E-state index in [4.69, 9.17) is 5.11 Å². The Balaban J connectivity index is 2.06. The standard InChI is InChI=1S/C15H22N2O5S/c1-16(2)23(21,22)10-13-7-17(8-14(13)19)15(20)12-5-3-11(9-18)4-6-12/h3-6,13-14,18-19H,7-10H2,1-2H3/t13-,14-/m0/s1. The summed E-state index contributed by atoms with van der Waals surface area (Å²) in [7, 11) is -0.536. The molecule has 0 saturated carbocycles. The van der Waals surface area contributed by atoms with Gasteiger partial charge in [0, 0.05) is 38.7 Å². The van der Waals surface area contributed by atoms with Gasteiger partial charge in [-0.2, -0.15) is 0 Å². The van der Waals surface area contributed by atoms with Gasteiger partial charge < -0.3 is 15.1 Å². The number of hydrogen-bond donors (Lipinski definition) is 2. The number of likely N-dealkylation sites (tertiary alicyclic amines) is 1. The number of benzene rings is 1. The summed E-state index contributed by atoms with van der Waals surface area (Å²) >= 11 is 0. The van der Waals surface area contributed by atoms with Crippen LogP contribution in [0.5, 0.6) is 0 Å². The largest absolute Gasteiger partial charge is 0.392 e. The Hall–Kier alpha value is -1.48. The van der Waals surface area contributed by atoms with E-state index in [2.05, 4.69) is 0 Å². The molecule has 0 bridgehead atoms. The van der Waals surface area contributed by atoms with Crippen LogP contribution in [0.15, 0.2) is 24.3 Å². The van der Waals surface area contributed by atoms with Gasteiger partial charge in [-0.25, -0.2) is 12.7 Å². The van der Waals surface area contributed by atoms with Crippen LogP contribution in [0.4, 0.5) is 0 Å². The van der Waals surface area contributed by atoms with Crippen LogP contribution in [-0.2, 0) is 16.6 Å². The first kappa shape index (κ1) is 17.9. The van der Waals surface area contributed by atoms with E-state index in [1.165, 1.54) is 19.0 Å². The molecule has 7 nitrogen and oxygen atoms in total. The Morgan fingerprint density at radius 2 is 1.87 bits per heavy atom. The molecule has 0 aromatic heterocycles. The molecule has 1 fully saturated rings. The Labute approximate surface area is 136 Å². The summed E-state index contributed by atoms with van der Waals surface area (Å²) in [4.78, 5) is 13.9. The number of aliphatic hydroxyl groups is 2. The van der Waals surface area contributed by atoms with Crippen molar-refractivity contribution in [1.29, 1.82) is 0 Å². The van der Waals surface area contributed by atoms with Gasteiger partial charge >= 0.3 is 0 Å². The van der Waals surface area contributed by atoms with Gasteiger partial charge in [0.05, 0.1) is 18.5 Å². The lowest BCUT2D eigenvalue weighted by atomic mass is 10.1. The molecule has 1 aliphatic rings. The van der Waals surface area contributed by atoms with E-state index in [9.17, 15) is 18.3 Å². The van der Waals surface area contributed by atoms with Crippen molar-refractivity contribution < 1.29 is 23.4 Å². The molecule has 2 N–H and O–H groups in total. The van der Waals surface area contributed by atoms with Gasteiger partial charge in [0.2, 0.25) is 10.0 Å². The maximum absolute atomic E-state index is 12.4. The predicted molar refractivity (Wildman–Crippen MR) is 85.2 cm³/mol. The van der Waals surface area contributed by atoms with E-state index in [-0.39, 0.29) is 31.4 Å². The quantitative estimate of drug-likeness (QED) is 0.752. The summed E-state index contributed by atoms with van der Waals surface area (Å²) in [5.41, 5.74) is 1.16. The van der Waals surface area contributed by atoms with Crippen LogP contribution in [0, 0.1) is 5.92 Å². The Morgan fingerprint density at radius 3 is 2.39 bits per heavy atom. The molecule has 1 amide bonds. The fourth-order valence-corrected chi connectivity index (χ4v) is 3.71. The molecule has 2 atom stereocenters. The number of β-amino-alcohol motifs (C(OH)–C–C–N with tert-alkyl or cyclic N) is 1. The molecule has 1 aromatic carbocycles. The third-order valence-electron chi connectivity index (χ3n) is 4.06. The smallest absolute Gasteiger partial charge is 0.253 e. The van der Waals surface area contributed by atoms with Gasteiger partial charge in [0.1, 0.15) is 0 Å². The topological polar surface area (TPSA) is 98.2 Å². The van der Waals surface area contributed by atoms with Crippen molar-refractivity contribution >= 4 is 15.9 Å². The van der Waals surface area contributed by atoms with E-state index < -0.39 is 22.0 Å². The minimum absolute atomic E-state index is 0.0959. The van der Waals surface area contributed by atoms with Crippen molar-refractivity contribution in [2.24, 2.45) is 5.92 Å². The number of carbonyl (C=O) groups excluding carboxylic acids is 1. The first-order chi connectivity index (χ1) is 10.7. The highest BCUT2D eigenvalue weighted by atomic mass is 32.2. The average Bonchev–Trinajstić information content (AvgIpc) is 2.87. The fraction of sp³-hybridized carbons (Fsp3) is 0.533. The van der Waals surface area contributed by atoms with Crippen LogP contribution in [0.3, 0.4) is 0 Å². The fourth-order valence-electron chi connectivity index (χ4n) is 2.54. The molecule has 128 valence electrons. The monoisotopic (exact) mass is 342 g/mol. The highest BCUT2D eigenvalue weighted by molar-refractivity contribution is 7.89. The molecule has 0 unspecified atom stereocenters. The number of aliphatic hydroxyl groups excluding tert-OH is 2. The second-order valence-corrected chi connectivity index (χ2v) is 8.18. The van der Waals surface area contributed by atoms with Gasteiger partial charge in [0.25, 0.3) is 5.91 Å². The minimum atomic E-state index is -3.43. The number of nitrogens with zero attached hydrogens (tertiary/aromatic N) is 2. The molecule has 0 aliphatic carbocycles. The predicted octanol–water partition coefficient (Wildman–Crippen LogP) is -0.497. The molecular formula is C15H22N2O5S. The van der Waals surface area contributed by atoms with E-state index in [0.717, 1.165) is 4.31 Å². The molecule has 0 radical (unpaired) electrons. The number of sulfonamides is 1. The highest BCUT2D eigenvalue weighted by Gasteiger charge is 2.37. The third-order valence-corrected chi connectivity index (χ3v) is 6.02. The van der Waals surface area contributed by atoms with Crippen molar-refractivity contribution in [3.8, 4) is 0 Å². The van der Waals surface area contributed by atoms with Crippen LogP contribution >= 0.6 is 0 Å². The normalized spacial score (nSPS) is 21.9. The molecular weight excluding hydrogens is 320 g/mol. The Kier molecular flexibility index (Phi) is 5.41. The first-order valence-electron chi connectivity index (χ1n) is 7.32. The molecule has 8 heteroatoms. The highest BCUT2D eigenvalue weighted by Crippen LogP contribution is 2.22. The number of hydrogen-bond acceptors (Lipinski definition) is 5. The molecule has 1 aliphatic heterocycles. The van der Waals surface area contributed by atoms with Crippen LogP contribution in [0.2, 0.25) is 0 Å². The maximum atomic E-state index is 12.4. The molecule has 1 heterocycles. The SMILES string of the molecule is CN(C)S(=O)(=O)C[C@@H]1CN(C(=O)c2ccc(CO)cc2)C[C@@H]1O. The van der Waals surface area contributed by atoms with Gasteiger partial charge in [-0.1, -0.05) is 12.1 Å². The molecule has 23 heavy (non-hydrogen) atoms. The molecule has 2 rings (SSSR count). The summed E-state index contributed by atoms with van der Waals surface area (Å²) in [5.74, 6) is -0.935. The van der Waals surface area contributed by atoms with E-state index in [0.29, 0.717) is 11.1 Å². The van der Waals surface area contributed by atoms with E-state index in [1.54, 1.807) is 24.3 Å². The summed E-state index contributed by atoms with van der Waals surface area (Å²) in [6.07, 6.45) is -0.856. The third kappa shape index (κ3) is 4.08. The minimum Gasteiger partial charge on any atom is -0.392 e. The van der Waals surface area contributed by atoms with Gasteiger partial charge in [0.15, 0.2) is 0 Å². The second kappa shape index (κ2) is 6.96. The van der Waals surface area contributed by atoms with Gasteiger partial charge in [-0.05, 0) is 17.7 Å². The molecule has 1 saturated heterocycles. The van der Waals surface area contributed by atoms with E-state index >= 15 is 0 Å². The zero-order chi connectivity index (χ0) is 17.2. The van der Waals surface area contributed by atoms with Crippen molar-refractivity contribution in [3.05, 3.63) is 35.4 Å². The lowest BCUT2D eigenvalue weighted by Crippen LogP contribution is -2.33. The number of rotatable bonds is 5. The zero-order valence-electron chi connectivity index (χ0n) is 13.2. The summed E-state index contributed by atoms with van der Waals surface area (Å²) in [6.45, 7) is 0.227. The lowest BCUT2D eigenvalue weighted by Gasteiger charge is -2.18. The van der Waals surface area contributed by atoms with Crippen LogP contribution in [-0.4, -0.2) is 72.8 Å². The second-order valence-electron chi connectivity index (χ2n) is 5.95.